The van der Waals surface area contributed by atoms with Crippen LogP contribution in [0.5, 0.6) is 0 Å². The van der Waals surface area contributed by atoms with Crippen LogP contribution in [0.2, 0.25) is 0 Å². The Labute approximate surface area is 152 Å². The van der Waals surface area contributed by atoms with E-state index in [9.17, 15) is 13.6 Å². The fourth-order valence-electron chi connectivity index (χ4n) is 3.15. The summed E-state index contributed by atoms with van der Waals surface area (Å²) < 4.78 is 26.9. The van der Waals surface area contributed by atoms with E-state index < -0.39 is 17.7 Å². The van der Waals surface area contributed by atoms with Crippen molar-refractivity contribution in [1.29, 1.82) is 0 Å². The van der Waals surface area contributed by atoms with Gasteiger partial charge in [0.1, 0.15) is 11.6 Å². The van der Waals surface area contributed by atoms with E-state index in [1.807, 2.05) is 18.2 Å². The fraction of sp³-hybridized carbons (Fsp3) is 0.350. The van der Waals surface area contributed by atoms with Gasteiger partial charge >= 0.3 is 0 Å². The standard InChI is InChI=1S/C20H23F2N3O/c1-15(20(26)23-19-13-17(21)7-8-18(19)22)25-11-9-24(10-12-25)14-16-5-3-2-4-6-16/h2-8,13,15H,9-12,14H2,1H3,(H,23,26)/t15-/m0/s1. The van der Waals surface area contributed by atoms with Crippen LogP contribution in [0.25, 0.3) is 0 Å². The molecule has 0 bridgehead atoms. The highest BCUT2D eigenvalue weighted by molar-refractivity contribution is 5.94. The lowest BCUT2D eigenvalue weighted by Crippen LogP contribution is -2.52. The number of carbonyl (C=O) groups excluding carboxylic acids is 1. The van der Waals surface area contributed by atoms with Crippen molar-refractivity contribution in [2.45, 2.75) is 19.5 Å². The van der Waals surface area contributed by atoms with E-state index in [4.69, 9.17) is 0 Å². The van der Waals surface area contributed by atoms with Gasteiger partial charge in [-0.25, -0.2) is 8.78 Å². The lowest BCUT2D eigenvalue weighted by atomic mass is 10.1. The second-order valence-electron chi connectivity index (χ2n) is 6.59. The third-order valence-electron chi connectivity index (χ3n) is 4.77. The Hall–Kier alpha value is -2.31. The van der Waals surface area contributed by atoms with Gasteiger partial charge in [0, 0.05) is 38.8 Å². The van der Waals surface area contributed by atoms with E-state index >= 15 is 0 Å². The first-order chi connectivity index (χ1) is 12.5. The molecule has 6 heteroatoms. The second kappa shape index (κ2) is 8.38. The molecular weight excluding hydrogens is 336 g/mol. The summed E-state index contributed by atoms with van der Waals surface area (Å²) in [6, 6.07) is 12.9. The topological polar surface area (TPSA) is 35.6 Å². The number of carbonyl (C=O) groups is 1. The van der Waals surface area contributed by atoms with E-state index in [1.165, 1.54) is 5.56 Å². The normalized spacial score (nSPS) is 17.0. The lowest BCUT2D eigenvalue weighted by Gasteiger charge is -2.37. The molecule has 26 heavy (non-hydrogen) atoms. The van der Waals surface area contributed by atoms with Gasteiger partial charge in [-0.1, -0.05) is 30.3 Å². The largest absolute Gasteiger partial charge is 0.322 e. The maximum atomic E-state index is 13.7. The minimum atomic E-state index is -0.639. The minimum absolute atomic E-state index is 0.121. The van der Waals surface area contributed by atoms with Crippen LogP contribution in [0.4, 0.5) is 14.5 Å². The van der Waals surface area contributed by atoms with Gasteiger partial charge in [0.05, 0.1) is 11.7 Å². The Balaban J connectivity index is 1.52. The first kappa shape index (κ1) is 18.5. The number of amides is 1. The average molecular weight is 359 g/mol. The van der Waals surface area contributed by atoms with Crippen LogP contribution in [0, 0.1) is 11.6 Å². The van der Waals surface area contributed by atoms with Crippen molar-refractivity contribution in [1.82, 2.24) is 9.80 Å². The van der Waals surface area contributed by atoms with Crippen LogP contribution in [-0.2, 0) is 11.3 Å². The Morgan fingerprint density at radius 2 is 1.77 bits per heavy atom. The van der Waals surface area contributed by atoms with Crippen molar-refractivity contribution in [3.63, 3.8) is 0 Å². The van der Waals surface area contributed by atoms with E-state index in [2.05, 4.69) is 27.2 Å². The molecule has 0 spiro atoms. The third kappa shape index (κ3) is 4.65. The van der Waals surface area contributed by atoms with Gasteiger partial charge in [0.25, 0.3) is 0 Å². The molecule has 4 nitrogen and oxygen atoms in total. The van der Waals surface area contributed by atoms with E-state index in [-0.39, 0.29) is 11.6 Å². The highest BCUT2D eigenvalue weighted by Crippen LogP contribution is 2.17. The van der Waals surface area contributed by atoms with Crippen molar-refractivity contribution in [2.24, 2.45) is 0 Å². The van der Waals surface area contributed by atoms with Crippen molar-refractivity contribution >= 4 is 11.6 Å². The number of benzene rings is 2. The highest BCUT2D eigenvalue weighted by Gasteiger charge is 2.26. The number of hydrogen-bond donors (Lipinski definition) is 1. The molecule has 3 rings (SSSR count). The molecular formula is C20H23F2N3O. The van der Waals surface area contributed by atoms with Crippen molar-refractivity contribution in [3.05, 3.63) is 65.7 Å². The summed E-state index contributed by atoms with van der Waals surface area (Å²) in [4.78, 5) is 16.8. The maximum absolute atomic E-state index is 13.7. The molecule has 1 amide bonds. The van der Waals surface area contributed by atoms with Crippen LogP contribution < -0.4 is 5.32 Å². The van der Waals surface area contributed by atoms with Gasteiger partial charge in [-0.2, -0.15) is 0 Å². The molecule has 1 aliphatic rings. The molecule has 0 radical (unpaired) electrons. The zero-order chi connectivity index (χ0) is 18.5. The second-order valence-corrected chi connectivity index (χ2v) is 6.59. The molecule has 2 aromatic carbocycles. The number of nitrogens with zero attached hydrogens (tertiary/aromatic N) is 2. The molecule has 0 saturated carbocycles. The van der Waals surface area contributed by atoms with Gasteiger partial charge in [-0.3, -0.25) is 14.6 Å². The third-order valence-corrected chi connectivity index (χ3v) is 4.77. The quantitative estimate of drug-likeness (QED) is 0.891. The monoisotopic (exact) mass is 359 g/mol. The summed E-state index contributed by atoms with van der Waals surface area (Å²) in [5.74, 6) is -1.55. The summed E-state index contributed by atoms with van der Waals surface area (Å²) in [5.41, 5.74) is 1.15. The lowest BCUT2D eigenvalue weighted by molar-refractivity contribution is -0.121. The van der Waals surface area contributed by atoms with E-state index in [0.717, 1.165) is 50.9 Å². The first-order valence-corrected chi connectivity index (χ1v) is 8.79. The molecule has 0 aliphatic carbocycles. The van der Waals surface area contributed by atoms with E-state index in [0.29, 0.717) is 0 Å². The summed E-state index contributed by atoms with van der Waals surface area (Å²) in [5, 5.41) is 2.49. The van der Waals surface area contributed by atoms with Gasteiger partial charge in [-0.05, 0) is 24.6 Å². The average Bonchev–Trinajstić information content (AvgIpc) is 2.65. The Morgan fingerprint density at radius 1 is 1.08 bits per heavy atom. The van der Waals surface area contributed by atoms with Gasteiger partial charge in [-0.15, -0.1) is 0 Å². The summed E-state index contributed by atoms with van der Waals surface area (Å²) >= 11 is 0. The van der Waals surface area contributed by atoms with Crippen LogP contribution in [0.1, 0.15) is 12.5 Å². The smallest absolute Gasteiger partial charge is 0.241 e. The maximum Gasteiger partial charge on any atom is 0.241 e. The SMILES string of the molecule is C[C@@H](C(=O)Nc1cc(F)ccc1F)N1CCN(Cc2ccccc2)CC1. The van der Waals surface area contributed by atoms with Crippen molar-refractivity contribution < 1.29 is 13.6 Å². The number of rotatable bonds is 5. The number of piperazine rings is 1. The van der Waals surface area contributed by atoms with Crippen molar-refractivity contribution in [3.8, 4) is 0 Å². The molecule has 1 atom stereocenters. The molecule has 1 aliphatic heterocycles. The Kier molecular flexibility index (Phi) is 5.96. The van der Waals surface area contributed by atoms with Crippen LogP contribution in [-0.4, -0.2) is 47.9 Å². The molecule has 1 heterocycles. The highest BCUT2D eigenvalue weighted by atomic mass is 19.1. The summed E-state index contributed by atoms with van der Waals surface area (Å²) in [6.45, 7) is 5.92. The first-order valence-electron chi connectivity index (χ1n) is 8.79. The molecule has 1 fully saturated rings. The Bertz CT molecular complexity index is 746. The molecule has 1 saturated heterocycles. The van der Waals surface area contributed by atoms with Crippen LogP contribution >= 0.6 is 0 Å². The summed E-state index contributed by atoms with van der Waals surface area (Å²) in [7, 11) is 0. The number of hydrogen-bond acceptors (Lipinski definition) is 3. The molecule has 0 aromatic heterocycles. The predicted octanol–water partition coefficient (Wildman–Crippen LogP) is 3.11. The number of halogens is 2. The van der Waals surface area contributed by atoms with Crippen molar-refractivity contribution in [2.75, 3.05) is 31.5 Å². The minimum Gasteiger partial charge on any atom is -0.322 e. The molecule has 2 aromatic rings. The number of anilines is 1. The van der Waals surface area contributed by atoms with Crippen LogP contribution in [0.3, 0.4) is 0 Å². The van der Waals surface area contributed by atoms with Gasteiger partial charge < -0.3 is 5.32 Å². The predicted molar refractivity (Wildman–Crippen MR) is 97.7 cm³/mol. The Morgan fingerprint density at radius 3 is 2.46 bits per heavy atom. The fourth-order valence-corrected chi connectivity index (χ4v) is 3.15. The number of nitrogens with one attached hydrogen (secondary N) is 1. The molecule has 0 unspecified atom stereocenters. The zero-order valence-electron chi connectivity index (χ0n) is 14.8. The van der Waals surface area contributed by atoms with Crippen LogP contribution in [0.15, 0.2) is 48.5 Å². The zero-order valence-corrected chi connectivity index (χ0v) is 14.8. The van der Waals surface area contributed by atoms with Gasteiger partial charge in [0.2, 0.25) is 5.91 Å². The van der Waals surface area contributed by atoms with E-state index in [1.54, 1.807) is 6.92 Å². The molecule has 138 valence electrons. The summed E-state index contributed by atoms with van der Waals surface area (Å²) in [6.07, 6.45) is 0. The molecule has 1 N–H and O–H groups in total. The van der Waals surface area contributed by atoms with Gasteiger partial charge in [0.15, 0.2) is 0 Å².